The molecule has 1 atom stereocenters. The smallest absolute Gasteiger partial charge is 0.104 e. The van der Waals surface area contributed by atoms with Gasteiger partial charge in [0, 0.05) is 19.1 Å². The first-order valence-electron chi connectivity index (χ1n) is 8.00. The van der Waals surface area contributed by atoms with Crippen LogP contribution in [0.5, 0.6) is 0 Å². The maximum absolute atomic E-state index is 9.34. The summed E-state index contributed by atoms with van der Waals surface area (Å²) < 4.78 is 0. The normalized spacial score (nSPS) is 17.5. The lowest BCUT2D eigenvalue weighted by molar-refractivity contribution is 0.269. The number of benzene rings is 1. The molecule has 114 valence electrons. The van der Waals surface area contributed by atoms with Gasteiger partial charge in [0.25, 0.3) is 0 Å². The van der Waals surface area contributed by atoms with Crippen molar-refractivity contribution in [3.05, 3.63) is 35.4 Å². The summed E-state index contributed by atoms with van der Waals surface area (Å²) in [6.07, 6.45) is 3.17. The molecule has 1 aromatic carbocycles. The molecular weight excluding hydrogens is 258 g/mol. The predicted molar refractivity (Wildman–Crippen MR) is 86.7 cm³/mol. The van der Waals surface area contributed by atoms with Gasteiger partial charge < -0.3 is 0 Å². The molecule has 0 saturated carbocycles. The van der Waals surface area contributed by atoms with E-state index in [1.165, 1.54) is 11.1 Å². The summed E-state index contributed by atoms with van der Waals surface area (Å²) in [6.45, 7) is 9.48. The number of fused-ring (bicyclic) bond motifs is 1. The minimum atomic E-state index is -0.387. The fourth-order valence-corrected chi connectivity index (χ4v) is 3.17. The third kappa shape index (κ3) is 4.56. The summed E-state index contributed by atoms with van der Waals surface area (Å²) in [5.41, 5.74) is 2.56. The van der Waals surface area contributed by atoms with Gasteiger partial charge in [0.1, 0.15) is 5.54 Å². The molecule has 0 aromatic heterocycles. The van der Waals surface area contributed by atoms with Crippen molar-refractivity contribution in [1.29, 1.82) is 5.26 Å². The predicted octanol–water partition coefficient (Wildman–Crippen LogP) is 3.45. The highest BCUT2D eigenvalue weighted by Gasteiger charge is 2.24. The minimum absolute atomic E-state index is 0.350. The Kier molecular flexibility index (Phi) is 5.39. The highest BCUT2D eigenvalue weighted by molar-refractivity contribution is 5.30. The van der Waals surface area contributed by atoms with Gasteiger partial charge in [0.15, 0.2) is 0 Å². The first kappa shape index (κ1) is 16.0. The summed E-state index contributed by atoms with van der Waals surface area (Å²) in [4.78, 5) is 2.50. The molecule has 1 aromatic rings. The fourth-order valence-electron chi connectivity index (χ4n) is 3.17. The molecule has 1 aliphatic heterocycles. The van der Waals surface area contributed by atoms with Crippen LogP contribution in [0, 0.1) is 11.3 Å². The molecule has 0 radical (unpaired) electrons. The Morgan fingerprint density at radius 3 is 2.38 bits per heavy atom. The standard InChI is InChI=1S/C18H27N3/c1-15(2)20-18(3,14-19)10-6-7-11-21-12-16-8-4-5-9-17(16)13-21/h4-5,8-9,15,20H,6-7,10-13H2,1-3H3. The quantitative estimate of drug-likeness (QED) is 0.780. The lowest BCUT2D eigenvalue weighted by Gasteiger charge is -2.26. The lowest BCUT2D eigenvalue weighted by Crippen LogP contribution is -2.44. The van der Waals surface area contributed by atoms with Crippen LogP contribution in [0.3, 0.4) is 0 Å². The van der Waals surface area contributed by atoms with Crippen LogP contribution in [0.2, 0.25) is 0 Å². The molecule has 1 aliphatic rings. The van der Waals surface area contributed by atoms with Crippen molar-refractivity contribution in [2.24, 2.45) is 0 Å². The Labute approximate surface area is 129 Å². The number of rotatable bonds is 7. The molecule has 0 amide bonds. The summed E-state index contributed by atoms with van der Waals surface area (Å²) in [5, 5.41) is 12.7. The molecule has 0 aliphatic carbocycles. The molecule has 0 spiro atoms. The Morgan fingerprint density at radius 1 is 1.24 bits per heavy atom. The summed E-state index contributed by atoms with van der Waals surface area (Å²) in [5.74, 6) is 0. The van der Waals surface area contributed by atoms with E-state index in [1.807, 2.05) is 6.92 Å². The van der Waals surface area contributed by atoms with E-state index in [0.29, 0.717) is 6.04 Å². The Morgan fingerprint density at radius 2 is 1.86 bits per heavy atom. The number of nitriles is 1. The largest absolute Gasteiger partial charge is 0.297 e. The lowest BCUT2D eigenvalue weighted by atomic mass is 9.95. The van der Waals surface area contributed by atoms with Gasteiger partial charge in [-0.2, -0.15) is 5.26 Å². The van der Waals surface area contributed by atoms with Gasteiger partial charge in [-0.05, 0) is 57.7 Å². The first-order valence-corrected chi connectivity index (χ1v) is 8.00. The molecule has 1 heterocycles. The molecular formula is C18H27N3. The van der Waals surface area contributed by atoms with Gasteiger partial charge in [0.2, 0.25) is 0 Å². The SMILES string of the molecule is CC(C)NC(C)(C#N)CCCCN1Cc2ccccc2C1. The molecule has 2 rings (SSSR count). The van der Waals surface area contributed by atoms with E-state index >= 15 is 0 Å². The minimum Gasteiger partial charge on any atom is -0.297 e. The maximum atomic E-state index is 9.34. The first-order chi connectivity index (χ1) is 10.0. The van der Waals surface area contributed by atoms with Crippen molar-refractivity contribution in [2.75, 3.05) is 6.54 Å². The zero-order valence-electron chi connectivity index (χ0n) is 13.5. The van der Waals surface area contributed by atoms with Crippen LogP contribution in [-0.4, -0.2) is 23.0 Å². The molecule has 1 N–H and O–H groups in total. The third-order valence-electron chi connectivity index (χ3n) is 4.16. The van der Waals surface area contributed by atoms with E-state index in [2.05, 4.69) is 54.4 Å². The van der Waals surface area contributed by atoms with Crippen LogP contribution in [0.25, 0.3) is 0 Å². The van der Waals surface area contributed by atoms with Crippen LogP contribution < -0.4 is 5.32 Å². The summed E-state index contributed by atoms with van der Waals surface area (Å²) >= 11 is 0. The van der Waals surface area contributed by atoms with Crippen molar-refractivity contribution in [1.82, 2.24) is 10.2 Å². The number of nitrogens with one attached hydrogen (secondary N) is 1. The van der Waals surface area contributed by atoms with Crippen molar-refractivity contribution >= 4 is 0 Å². The van der Waals surface area contributed by atoms with E-state index in [1.54, 1.807) is 0 Å². The fraction of sp³-hybridized carbons (Fsp3) is 0.611. The van der Waals surface area contributed by atoms with Crippen LogP contribution in [0.15, 0.2) is 24.3 Å². The Hall–Kier alpha value is -1.37. The molecule has 3 nitrogen and oxygen atoms in total. The third-order valence-corrected chi connectivity index (χ3v) is 4.16. The zero-order valence-corrected chi connectivity index (χ0v) is 13.5. The number of hydrogen-bond donors (Lipinski definition) is 1. The van der Waals surface area contributed by atoms with Crippen LogP contribution in [0.4, 0.5) is 0 Å². The van der Waals surface area contributed by atoms with Crippen LogP contribution >= 0.6 is 0 Å². The van der Waals surface area contributed by atoms with Crippen LogP contribution in [-0.2, 0) is 13.1 Å². The molecule has 0 bridgehead atoms. The van der Waals surface area contributed by atoms with Crippen LogP contribution in [0.1, 0.15) is 51.2 Å². The Balaban J connectivity index is 1.70. The molecule has 3 heteroatoms. The second-order valence-electron chi connectivity index (χ2n) is 6.68. The Bertz CT molecular complexity index is 478. The molecule has 1 unspecified atom stereocenters. The molecule has 0 saturated heterocycles. The van der Waals surface area contributed by atoms with Gasteiger partial charge in [-0.1, -0.05) is 24.3 Å². The van der Waals surface area contributed by atoms with Gasteiger partial charge in [0.05, 0.1) is 6.07 Å². The summed E-state index contributed by atoms with van der Waals surface area (Å²) in [6, 6.07) is 11.5. The van der Waals surface area contributed by atoms with E-state index in [9.17, 15) is 5.26 Å². The second kappa shape index (κ2) is 7.06. The van der Waals surface area contributed by atoms with Gasteiger partial charge >= 0.3 is 0 Å². The highest BCUT2D eigenvalue weighted by atomic mass is 15.1. The van der Waals surface area contributed by atoms with Crippen molar-refractivity contribution in [3.63, 3.8) is 0 Å². The molecule has 0 fully saturated rings. The highest BCUT2D eigenvalue weighted by Crippen LogP contribution is 2.23. The monoisotopic (exact) mass is 285 g/mol. The molecule has 21 heavy (non-hydrogen) atoms. The maximum Gasteiger partial charge on any atom is 0.104 e. The number of nitrogens with zero attached hydrogens (tertiary/aromatic N) is 2. The average molecular weight is 285 g/mol. The second-order valence-corrected chi connectivity index (χ2v) is 6.68. The topological polar surface area (TPSA) is 39.1 Å². The number of hydrogen-bond acceptors (Lipinski definition) is 3. The van der Waals surface area contributed by atoms with E-state index in [-0.39, 0.29) is 5.54 Å². The van der Waals surface area contributed by atoms with Gasteiger partial charge in [-0.3, -0.25) is 10.2 Å². The van der Waals surface area contributed by atoms with Crippen molar-refractivity contribution in [3.8, 4) is 6.07 Å². The van der Waals surface area contributed by atoms with Crippen molar-refractivity contribution < 1.29 is 0 Å². The number of unbranched alkanes of at least 4 members (excludes halogenated alkanes) is 1. The average Bonchev–Trinajstić information content (AvgIpc) is 2.85. The van der Waals surface area contributed by atoms with E-state index in [0.717, 1.165) is 38.9 Å². The zero-order chi connectivity index (χ0) is 15.3. The van der Waals surface area contributed by atoms with Gasteiger partial charge in [-0.15, -0.1) is 0 Å². The van der Waals surface area contributed by atoms with Crippen molar-refractivity contribution in [2.45, 2.75) is 64.7 Å². The van der Waals surface area contributed by atoms with E-state index in [4.69, 9.17) is 0 Å². The van der Waals surface area contributed by atoms with Gasteiger partial charge in [-0.25, -0.2) is 0 Å². The van der Waals surface area contributed by atoms with E-state index < -0.39 is 0 Å². The summed E-state index contributed by atoms with van der Waals surface area (Å²) in [7, 11) is 0.